The molecule has 0 bridgehead atoms. The van der Waals surface area contributed by atoms with Crippen LogP contribution in [-0.4, -0.2) is 26.6 Å². The zero-order valence-electron chi connectivity index (χ0n) is 14.2. The summed E-state index contributed by atoms with van der Waals surface area (Å²) in [6, 6.07) is 13.8. The first kappa shape index (κ1) is 19.3. The van der Waals surface area contributed by atoms with Crippen LogP contribution < -0.4 is 9.62 Å². The maximum Gasteiger partial charge on any atom is 0.251 e. The highest BCUT2D eigenvalue weighted by Gasteiger charge is 2.18. The second-order valence-corrected chi connectivity index (χ2v) is 7.98. The van der Waals surface area contributed by atoms with Crippen molar-refractivity contribution in [3.8, 4) is 0 Å². The Morgan fingerprint density at radius 1 is 1.08 bits per heavy atom. The first-order valence-electron chi connectivity index (χ1n) is 8.01. The summed E-state index contributed by atoms with van der Waals surface area (Å²) >= 11 is 6.07. The van der Waals surface area contributed by atoms with Crippen LogP contribution in [0, 0.1) is 0 Å². The molecule has 25 heavy (non-hydrogen) atoms. The molecule has 134 valence electrons. The first-order chi connectivity index (χ1) is 11.9. The quantitative estimate of drug-likeness (QED) is 0.800. The average Bonchev–Trinajstić information content (AvgIpc) is 2.62. The van der Waals surface area contributed by atoms with Crippen molar-refractivity contribution in [3.63, 3.8) is 0 Å². The lowest BCUT2D eigenvalue weighted by Gasteiger charge is -2.22. The molecule has 0 fully saturated rings. The van der Waals surface area contributed by atoms with Gasteiger partial charge in [0.1, 0.15) is 0 Å². The van der Waals surface area contributed by atoms with Gasteiger partial charge in [0.15, 0.2) is 0 Å². The summed E-state index contributed by atoms with van der Waals surface area (Å²) in [4.78, 5) is 12.2. The van der Waals surface area contributed by atoms with Crippen molar-refractivity contribution in [2.45, 2.75) is 20.4 Å². The molecular weight excluding hydrogens is 360 g/mol. The average molecular weight is 381 g/mol. The van der Waals surface area contributed by atoms with E-state index >= 15 is 0 Å². The fraction of sp³-hybridized carbons (Fsp3) is 0.278. The number of carbonyl (C=O) groups is 1. The molecule has 0 radical (unpaired) electrons. The Morgan fingerprint density at radius 2 is 1.72 bits per heavy atom. The molecule has 1 N–H and O–H groups in total. The summed E-state index contributed by atoms with van der Waals surface area (Å²) in [6.45, 7) is 4.05. The van der Waals surface area contributed by atoms with Crippen molar-refractivity contribution in [1.29, 1.82) is 0 Å². The normalized spacial score (nSPS) is 11.2. The van der Waals surface area contributed by atoms with Crippen LogP contribution in [0.2, 0.25) is 5.02 Å². The number of nitrogens with zero attached hydrogens (tertiary/aromatic N) is 1. The summed E-state index contributed by atoms with van der Waals surface area (Å²) < 4.78 is 25.5. The third-order valence-electron chi connectivity index (χ3n) is 3.80. The number of carbonyl (C=O) groups excluding carboxylic acids is 1. The zero-order valence-corrected chi connectivity index (χ0v) is 15.8. The van der Waals surface area contributed by atoms with E-state index in [0.29, 0.717) is 29.4 Å². The van der Waals surface area contributed by atoms with Crippen molar-refractivity contribution in [3.05, 3.63) is 64.7 Å². The second kappa shape index (κ2) is 8.36. The predicted molar refractivity (Wildman–Crippen MR) is 102 cm³/mol. The molecule has 1 amide bonds. The van der Waals surface area contributed by atoms with Gasteiger partial charge >= 0.3 is 0 Å². The Hall–Kier alpha value is -2.05. The third-order valence-corrected chi connectivity index (χ3v) is 6.04. The molecule has 2 rings (SSSR count). The largest absolute Gasteiger partial charge is 0.348 e. The van der Waals surface area contributed by atoms with Crippen LogP contribution in [0.25, 0.3) is 0 Å². The Kier molecular flexibility index (Phi) is 6.45. The summed E-state index contributed by atoms with van der Waals surface area (Å²) in [5, 5.41) is 3.40. The van der Waals surface area contributed by atoms with E-state index in [-0.39, 0.29) is 11.7 Å². The molecule has 0 aliphatic heterocycles. The van der Waals surface area contributed by atoms with Gasteiger partial charge in [-0.05, 0) is 49.7 Å². The summed E-state index contributed by atoms with van der Waals surface area (Å²) in [6.07, 6.45) is 0. The fourth-order valence-electron chi connectivity index (χ4n) is 2.39. The van der Waals surface area contributed by atoms with E-state index in [9.17, 15) is 13.2 Å². The topological polar surface area (TPSA) is 66.5 Å². The number of sulfonamides is 1. The maximum absolute atomic E-state index is 12.2. The third kappa shape index (κ3) is 4.74. The minimum atomic E-state index is -3.33. The van der Waals surface area contributed by atoms with E-state index < -0.39 is 10.0 Å². The van der Waals surface area contributed by atoms with Gasteiger partial charge in [-0.15, -0.1) is 0 Å². The zero-order chi connectivity index (χ0) is 18.4. The lowest BCUT2D eigenvalue weighted by molar-refractivity contribution is 0.0951. The van der Waals surface area contributed by atoms with E-state index in [1.54, 1.807) is 44.2 Å². The van der Waals surface area contributed by atoms with E-state index in [0.717, 1.165) is 5.56 Å². The van der Waals surface area contributed by atoms with E-state index in [1.165, 1.54) is 4.31 Å². The van der Waals surface area contributed by atoms with Crippen LogP contribution in [0.3, 0.4) is 0 Å². The SMILES string of the molecule is CCN(c1ccc(C(=O)NCc2ccccc2Cl)cc1)S(=O)(=O)CC. The highest BCUT2D eigenvalue weighted by molar-refractivity contribution is 7.92. The number of hydrogen-bond acceptors (Lipinski definition) is 3. The molecule has 0 atom stereocenters. The van der Waals surface area contributed by atoms with Crippen LogP contribution in [0.1, 0.15) is 29.8 Å². The smallest absolute Gasteiger partial charge is 0.251 e. The molecule has 0 aliphatic carbocycles. The van der Waals surface area contributed by atoms with Gasteiger partial charge in [0.25, 0.3) is 5.91 Å². The van der Waals surface area contributed by atoms with Crippen molar-refractivity contribution in [1.82, 2.24) is 5.32 Å². The van der Waals surface area contributed by atoms with Gasteiger partial charge in [-0.1, -0.05) is 29.8 Å². The lowest BCUT2D eigenvalue weighted by atomic mass is 10.1. The minimum Gasteiger partial charge on any atom is -0.348 e. The molecule has 5 nitrogen and oxygen atoms in total. The molecule has 0 saturated heterocycles. The number of anilines is 1. The van der Waals surface area contributed by atoms with Crippen molar-refractivity contribution in [2.75, 3.05) is 16.6 Å². The first-order valence-corrected chi connectivity index (χ1v) is 9.99. The monoisotopic (exact) mass is 380 g/mol. The number of rotatable bonds is 7. The van der Waals surface area contributed by atoms with Gasteiger partial charge in [-0.2, -0.15) is 0 Å². The Morgan fingerprint density at radius 3 is 2.28 bits per heavy atom. The van der Waals surface area contributed by atoms with E-state index in [4.69, 9.17) is 11.6 Å². The molecule has 0 aromatic heterocycles. The summed E-state index contributed by atoms with van der Waals surface area (Å²) in [7, 11) is -3.33. The van der Waals surface area contributed by atoms with Crippen molar-refractivity contribution < 1.29 is 13.2 Å². The van der Waals surface area contributed by atoms with Crippen LogP contribution in [-0.2, 0) is 16.6 Å². The van der Waals surface area contributed by atoms with Gasteiger partial charge in [0.05, 0.1) is 11.4 Å². The Labute approximate surface area is 153 Å². The molecular formula is C18H21ClN2O3S. The minimum absolute atomic E-state index is 0.0287. The van der Waals surface area contributed by atoms with E-state index in [1.807, 2.05) is 18.2 Å². The van der Waals surface area contributed by atoms with Gasteiger partial charge in [-0.25, -0.2) is 8.42 Å². The maximum atomic E-state index is 12.2. The molecule has 0 heterocycles. The predicted octanol–water partition coefficient (Wildman–Crippen LogP) is 3.45. The Bertz CT molecular complexity index is 836. The number of hydrogen-bond donors (Lipinski definition) is 1. The summed E-state index contributed by atoms with van der Waals surface area (Å²) in [5.41, 5.74) is 1.84. The van der Waals surface area contributed by atoms with Crippen molar-refractivity contribution in [2.24, 2.45) is 0 Å². The van der Waals surface area contributed by atoms with Crippen LogP contribution in [0.5, 0.6) is 0 Å². The standard InChI is InChI=1S/C18H21ClN2O3S/c1-3-21(25(23,24)4-2)16-11-9-14(10-12-16)18(22)20-13-15-7-5-6-8-17(15)19/h5-12H,3-4,13H2,1-2H3,(H,20,22). The highest BCUT2D eigenvalue weighted by Crippen LogP contribution is 2.19. The number of benzene rings is 2. The molecule has 2 aromatic rings. The molecule has 0 unspecified atom stereocenters. The number of nitrogens with one attached hydrogen (secondary N) is 1. The van der Waals surface area contributed by atoms with Crippen LogP contribution >= 0.6 is 11.6 Å². The molecule has 2 aromatic carbocycles. The van der Waals surface area contributed by atoms with Crippen molar-refractivity contribution >= 4 is 33.2 Å². The highest BCUT2D eigenvalue weighted by atomic mass is 35.5. The fourth-order valence-corrected chi connectivity index (χ4v) is 3.74. The molecule has 0 spiro atoms. The van der Waals surface area contributed by atoms with Gasteiger partial charge in [0, 0.05) is 23.7 Å². The molecule has 7 heteroatoms. The number of amides is 1. The van der Waals surface area contributed by atoms with Crippen LogP contribution in [0.15, 0.2) is 48.5 Å². The van der Waals surface area contributed by atoms with Crippen LogP contribution in [0.4, 0.5) is 5.69 Å². The van der Waals surface area contributed by atoms with Gasteiger partial charge < -0.3 is 5.32 Å². The second-order valence-electron chi connectivity index (χ2n) is 5.39. The van der Waals surface area contributed by atoms with E-state index in [2.05, 4.69) is 5.32 Å². The molecule has 0 aliphatic rings. The Balaban J connectivity index is 2.09. The number of halogens is 1. The lowest BCUT2D eigenvalue weighted by Crippen LogP contribution is -2.32. The van der Waals surface area contributed by atoms with Gasteiger partial charge in [-0.3, -0.25) is 9.10 Å². The van der Waals surface area contributed by atoms with Gasteiger partial charge in [0.2, 0.25) is 10.0 Å². The molecule has 0 saturated carbocycles. The summed E-state index contributed by atoms with van der Waals surface area (Å²) in [5.74, 6) is -0.214.